The average Bonchev–Trinajstić information content (AvgIpc) is 2.41. The van der Waals surface area contributed by atoms with Crippen LogP contribution in [0.15, 0.2) is 24.3 Å². The Bertz CT molecular complexity index is 466. The summed E-state index contributed by atoms with van der Waals surface area (Å²) in [5, 5.41) is 13.1. The highest BCUT2D eigenvalue weighted by atomic mass is 16.3. The first-order valence-electron chi connectivity index (χ1n) is 5.21. The molecule has 0 saturated heterocycles. The summed E-state index contributed by atoms with van der Waals surface area (Å²) < 4.78 is 1.68. The highest BCUT2D eigenvalue weighted by molar-refractivity contribution is 6.08. The second-order valence-electron chi connectivity index (χ2n) is 3.87. The molecule has 0 saturated carbocycles. The van der Waals surface area contributed by atoms with Crippen LogP contribution in [0.5, 0.6) is 0 Å². The quantitative estimate of drug-likeness (QED) is 0.626. The van der Waals surface area contributed by atoms with Crippen LogP contribution in [-0.4, -0.2) is 35.4 Å². The molecule has 0 radical (unpaired) electrons. The van der Waals surface area contributed by atoms with E-state index in [1.54, 1.807) is 30.8 Å². The molecule has 0 amide bonds. The van der Waals surface area contributed by atoms with Crippen molar-refractivity contribution in [2.45, 2.75) is 12.6 Å². The van der Waals surface area contributed by atoms with Crippen LogP contribution in [0.1, 0.15) is 28.6 Å². The van der Waals surface area contributed by atoms with Crippen molar-refractivity contribution in [3.05, 3.63) is 35.4 Å². The minimum absolute atomic E-state index is 0.0309. The molecule has 0 bridgehead atoms. The molecule has 0 aliphatic carbocycles. The van der Waals surface area contributed by atoms with Gasteiger partial charge in [0.2, 0.25) is 6.23 Å². The minimum atomic E-state index is -0.773. The molecule has 16 heavy (non-hydrogen) atoms. The number of carbonyl (C=O) groups is 1. The first-order valence-corrected chi connectivity index (χ1v) is 5.21. The smallest absolute Gasteiger partial charge is 0.254 e. The molecule has 1 aliphatic rings. The van der Waals surface area contributed by atoms with Gasteiger partial charge in [0.1, 0.15) is 6.42 Å². The molecule has 2 rings (SSSR count). The Kier molecular flexibility index (Phi) is 2.75. The van der Waals surface area contributed by atoms with Crippen LogP contribution in [0, 0.1) is 0 Å². The normalized spacial score (nSPS) is 20.4. The molecule has 0 fully saturated rings. The summed E-state index contributed by atoms with van der Waals surface area (Å²) in [5.74, 6) is 0.761. The number of nitrogens with one attached hydrogen (secondary N) is 1. The summed E-state index contributed by atoms with van der Waals surface area (Å²) in [4.78, 5) is 12.0. The first-order chi connectivity index (χ1) is 7.65. The van der Waals surface area contributed by atoms with Gasteiger partial charge in [-0.15, -0.1) is 0 Å². The van der Waals surface area contributed by atoms with Crippen LogP contribution >= 0.6 is 0 Å². The van der Waals surface area contributed by atoms with Crippen LogP contribution in [0.3, 0.4) is 0 Å². The summed E-state index contributed by atoms with van der Waals surface area (Å²) >= 11 is 0. The predicted molar refractivity (Wildman–Crippen MR) is 60.6 cm³/mol. The SMILES string of the molecule is CNC1=[N+](C)[C@@H](O)c2ccccc2C(=O)C1. The van der Waals surface area contributed by atoms with Crippen LogP contribution in [0.25, 0.3) is 0 Å². The zero-order chi connectivity index (χ0) is 11.7. The van der Waals surface area contributed by atoms with E-state index in [1.807, 2.05) is 12.1 Å². The predicted octanol–water partition coefficient (Wildman–Crippen LogP) is 0.524. The number of benzene rings is 1. The fourth-order valence-corrected chi connectivity index (χ4v) is 1.97. The monoisotopic (exact) mass is 219 g/mol. The zero-order valence-electron chi connectivity index (χ0n) is 9.40. The largest absolute Gasteiger partial charge is 0.352 e. The van der Waals surface area contributed by atoms with E-state index in [2.05, 4.69) is 5.32 Å². The number of amidine groups is 1. The number of hydrogen-bond donors (Lipinski definition) is 2. The van der Waals surface area contributed by atoms with Crippen molar-refractivity contribution in [1.29, 1.82) is 0 Å². The molecular formula is C12H15N2O2+. The minimum Gasteiger partial charge on any atom is -0.352 e. The standard InChI is InChI=1S/C12H14N2O2/c1-13-11-7-10(15)8-5-3-4-6-9(8)12(16)14(11)2/h3-6,12,16H,7H2,1-2H3/p+1/t12-/m0/s1. The van der Waals surface area contributed by atoms with Gasteiger partial charge in [-0.05, 0) is 0 Å². The lowest BCUT2D eigenvalue weighted by Gasteiger charge is -2.11. The van der Waals surface area contributed by atoms with Crippen LogP contribution in [0.4, 0.5) is 0 Å². The maximum atomic E-state index is 12.0. The number of Topliss-reactive ketones (excluding diaryl/α,β-unsaturated/α-hetero) is 1. The molecule has 0 aromatic heterocycles. The summed E-state index contributed by atoms with van der Waals surface area (Å²) in [5.41, 5.74) is 1.27. The van der Waals surface area contributed by atoms with Crippen molar-refractivity contribution in [2.75, 3.05) is 14.1 Å². The second kappa shape index (κ2) is 4.06. The molecule has 1 aromatic carbocycles. The number of fused-ring (bicyclic) bond motifs is 1. The van der Waals surface area contributed by atoms with E-state index in [0.29, 0.717) is 17.5 Å². The van der Waals surface area contributed by atoms with Crippen LogP contribution in [0.2, 0.25) is 0 Å². The van der Waals surface area contributed by atoms with Gasteiger partial charge in [-0.1, -0.05) is 24.3 Å². The van der Waals surface area contributed by atoms with Gasteiger partial charge in [0.25, 0.3) is 5.84 Å². The van der Waals surface area contributed by atoms with Gasteiger partial charge in [0.15, 0.2) is 5.78 Å². The Morgan fingerprint density at radius 3 is 2.81 bits per heavy atom. The van der Waals surface area contributed by atoms with Gasteiger partial charge in [0.05, 0.1) is 14.1 Å². The van der Waals surface area contributed by atoms with E-state index in [1.165, 1.54) is 0 Å². The van der Waals surface area contributed by atoms with E-state index in [0.717, 1.165) is 5.84 Å². The van der Waals surface area contributed by atoms with Crippen molar-refractivity contribution < 1.29 is 14.5 Å². The number of nitrogens with zero attached hydrogens (tertiary/aromatic N) is 1. The van der Waals surface area contributed by atoms with E-state index >= 15 is 0 Å². The molecule has 4 nitrogen and oxygen atoms in total. The second-order valence-corrected chi connectivity index (χ2v) is 3.87. The van der Waals surface area contributed by atoms with Gasteiger partial charge >= 0.3 is 0 Å². The molecular weight excluding hydrogens is 204 g/mol. The highest BCUT2D eigenvalue weighted by Gasteiger charge is 2.29. The fourth-order valence-electron chi connectivity index (χ4n) is 1.97. The van der Waals surface area contributed by atoms with Gasteiger partial charge in [0, 0.05) is 11.1 Å². The molecule has 1 atom stereocenters. The molecule has 0 unspecified atom stereocenters. The molecule has 1 aliphatic heterocycles. The zero-order valence-corrected chi connectivity index (χ0v) is 9.40. The summed E-state index contributed by atoms with van der Waals surface area (Å²) in [6, 6.07) is 7.18. The highest BCUT2D eigenvalue weighted by Crippen LogP contribution is 2.22. The maximum Gasteiger partial charge on any atom is 0.254 e. The van der Waals surface area contributed by atoms with Gasteiger partial charge in [-0.2, -0.15) is 0 Å². The lowest BCUT2D eigenvalue weighted by atomic mass is 10.0. The molecule has 1 heterocycles. The maximum absolute atomic E-state index is 12.0. The Morgan fingerprint density at radius 2 is 2.12 bits per heavy atom. The Balaban J connectivity index is 2.58. The fraction of sp³-hybridized carbons (Fsp3) is 0.333. The van der Waals surface area contributed by atoms with Crippen molar-refractivity contribution in [2.24, 2.45) is 0 Å². The molecule has 2 N–H and O–H groups in total. The van der Waals surface area contributed by atoms with E-state index < -0.39 is 6.23 Å². The number of aliphatic hydroxyl groups is 1. The summed E-state index contributed by atoms with van der Waals surface area (Å²) in [6.07, 6.45) is -0.480. The summed E-state index contributed by atoms with van der Waals surface area (Å²) in [6.45, 7) is 0. The number of ketones is 1. The molecule has 0 spiro atoms. The number of rotatable bonds is 0. The van der Waals surface area contributed by atoms with Gasteiger partial charge in [-0.25, -0.2) is 4.58 Å². The van der Waals surface area contributed by atoms with Crippen molar-refractivity contribution >= 4 is 11.6 Å². The average molecular weight is 219 g/mol. The van der Waals surface area contributed by atoms with Crippen molar-refractivity contribution in [3.63, 3.8) is 0 Å². The van der Waals surface area contributed by atoms with E-state index in [9.17, 15) is 9.90 Å². The Morgan fingerprint density at radius 1 is 1.44 bits per heavy atom. The molecule has 4 heteroatoms. The lowest BCUT2D eigenvalue weighted by Crippen LogP contribution is -2.31. The van der Waals surface area contributed by atoms with Crippen LogP contribution in [-0.2, 0) is 0 Å². The third kappa shape index (κ3) is 1.61. The number of carbonyl (C=O) groups excluding carboxylic acids is 1. The first kappa shape index (κ1) is 10.8. The molecule has 1 aromatic rings. The Hall–Kier alpha value is -1.68. The topological polar surface area (TPSA) is 52.3 Å². The summed E-state index contributed by atoms with van der Waals surface area (Å²) in [7, 11) is 3.52. The lowest BCUT2D eigenvalue weighted by molar-refractivity contribution is -0.594. The van der Waals surface area contributed by atoms with Gasteiger partial charge in [-0.3, -0.25) is 10.1 Å². The number of aliphatic hydroxyl groups excluding tert-OH is 1. The third-order valence-electron chi connectivity index (χ3n) is 2.95. The van der Waals surface area contributed by atoms with Crippen LogP contribution < -0.4 is 5.32 Å². The molecule has 84 valence electrons. The van der Waals surface area contributed by atoms with Crippen molar-refractivity contribution in [3.8, 4) is 0 Å². The van der Waals surface area contributed by atoms with E-state index in [4.69, 9.17) is 0 Å². The Labute approximate surface area is 94.2 Å². The van der Waals surface area contributed by atoms with Gasteiger partial charge < -0.3 is 5.11 Å². The van der Waals surface area contributed by atoms with Crippen molar-refractivity contribution in [1.82, 2.24) is 5.32 Å². The van der Waals surface area contributed by atoms with E-state index in [-0.39, 0.29) is 5.78 Å². The number of hydrogen-bond acceptors (Lipinski definition) is 3. The third-order valence-corrected chi connectivity index (χ3v) is 2.95.